The number of benzene rings is 1. The number of hydrogen-bond acceptors (Lipinski definition) is 3. The van der Waals surface area contributed by atoms with Crippen molar-refractivity contribution in [1.29, 1.82) is 0 Å². The fourth-order valence-corrected chi connectivity index (χ4v) is 5.64. The summed E-state index contributed by atoms with van der Waals surface area (Å²) in [4.78, 5) is 0. The third-order valence-corrected chi connectivity index (χ3v) is 6.40. The Morgan fingerprint density at radius 2 is 1.95 bits per heavy atom. The molecule has 2 saturated heterocycles. The molecule has 2 heterocycles. The van der Waals surface area contributed by atoms with E-state index in [2.05, 4.69) is 29.6 Å². The fraction of sp³-hybridized carbons (Fsp3) is 0.667. The molecular formula is C18H23NO2. The van der Waals surface area contributed by atoms with Gasteiger partial charge in [0.1, 0.15) is 0 Å². The van der Waals surface area contributed by atoms with Crippen molar-refractivity contribution in [2.24, 2.45) is 5.92 Å². The molecule has 0 amide bonds. The molecule has 5 rings (SSSR count). The van der Waals surface area contributed by atoms with Crippen LogP contribution in [0.3, 0.4) is 0 Å². The Morgan fingerprint density at radius 3 is 2.86 bits per heavy atom. The molecule has 0 radical (unpaired) electrons. The predicted molar refractivity (Wildman–Crippen MR) is 80.2 cm³/mol. The summed E-state index contributed by atoms with van der Waals surface area (Å²) in [6.07, 6.45) is 5.77. The second-order valence-corrected chi connectivity index (χ2v) is 7.26. The zero-order chi connectivity index (χ0) is 13.9. The highest BCUT2D eigenvalue weighted by atomic mass is 16.7. The van der Waals surface area contributed by atoms with E-state index in [0.717, 1.165) is 38.5 Å². The molecule has 2 aliphatic carbocycles. The van der Waals surface area contributed by atoms with Crippen molar-refractivity contribution in [3.05, 3.63) is 35.4 Å². The van der Waals surface area contributed by atoms with Crippen molar-refractivity contribution < 1.29 is 9.47 Å². The van der Waals surface area contributed by atoms with Crippen molar-refractivity contribution in [2.45, 2.75) is 49.3 Å². The number of hydrogen-bond donors (Lipinski definition) is 1. The maximum Gasteiger partial charge on any atom is 0.169 e. The number of ether oxygens (including phenoxy) is 2. The Morgan fingerprint density at radius 1 is 1.10 bits per heavy atom. The average molecular weight is 285 g/mol. The predicted octanol–water partition coefficient (Wildman–Crippen LogP) is 2.39. The molecule has 2 aliphatic heterocycles. The Hall–Kier alpha value is -0.900. The smallest absolute Gasteiger partial charge is 0.169 e. The summed E-state index contributed by atoms with van der Waals surface area (Å²) in [6, 6.07) is 9.74. The van der Waals surface area contributed by atoms with Crippen LogP contribution in [-0.4, -0.2) is 31.6 Å². The van der Waals surface area contributed by atoms with E-state index < -0.39 is 0 Å². The molecule has 3 heteroatoms. The molecule has 21 heavy (non-hydrogen) atoms. The first-order chi connectivity index (χ1) is 10.3. The molecule has 1 saturated carbocycles. The van der Waals surface area contributed by atoms with E-state index >= 15 is 0 Å². The molecule has 0 aromatic heterocycles. The van der Waals surface area contributed by atoms with Gasteiger partial charge in [-0.05, 0) is 42.9 Å². The van der Waals surface area contributed by atoms with Gasteiger partial charge in [0, 0.05) is 24.3 Å². The van der Waals surface area contributed by atoms with Crippen molar-refractivity contribution in [3.8, 4) is 0 Å². The lowest BCUT2D eigenvalue weighted by molar-refractivity contribution is -0.207. The van der Waals surface area contributed by atoms with Gasteiger partial charge in [-0.2, -0.15) is 0 Å². The van der Waals surface area contributed by atoms with Crippen LogP contribution in [0, 0.1) is 5.92 Å². The topological polar surface area (TPSA) is 30.5 Å². The van der Waals surface area contributed by atoms with Crippen LogP contribution in [0.1, 0.15) is 36.8 Å². The summed E-state index contributed by atoms with van der Waals surface area (Å²) in [5.41, 5.74) is 3.40. The fourth-order valence-electron chi connectivity index (χ4n) is 5.64. The molecule has 3 atom stereocenters. The third-order valence-electron chi connectivity index (χ3n) is 6.40. The molecule has 112 valence electrons. The first-order valence-corrected chi connectivity index (χ1v) is 8.41. The Labute approximate surface area is 126 Å². The maximum atomic E-state index is 6.09. The van der Waals surface area contributed by atoms with E-state index in [-0.39, 0.29) is 11.2 Å². The largest absolute Gasteiger partial charge is 0.348 e. The highest BCUT2D eigenvalue weighted by molar-refractivity contribution is 5.41. The average Bonchev–Trinajstić information content (AvgIpc) is 2.94. The van der Waals surface area contributed by atoms with Gasteiger partial charge in [-0.3, -0.25) is 0 Å². The van der Waals surface area contributed by atoms with E-state index in [1.807, 2.05) is 0 Å². The highest BCUT2D eigenvalue weighted by Crippen LogP contribution is 2.57. The zero-order valence-electron chi connectivity index (χ0n) is 12.4. The minimum absolute atomic E-state index is 0.271. The van der Waals surface area contributed by atoms with Gasteiger partial charge in [0.25, 0.3) is 0 Å². The lowest BCUT2D eigenvalue weighted by Gasteiger charge is -2.58. The van der Waals surface area contributed by atoms with Crippen molar-refractivity contribution >= 4 is 0 Å². The van der Waals surface area contributed by atoms with Crippen molar-refractivity contribution in [2.75, 3.05) is 19.8 Å². The van der Waals surface area contributed by atoms with Crippen LogP contribution in [-0.2, 0) is 21.3 Å². The van der Waals surface area contributed by atoms with Gasteiger partial charge in [0.2, 0.25) is 0 Å². The van der Waals surface area contributed by atoms with Gasteiger partial charge >= 0.3 is 0 Å². The molecule has 4 aliphatic rings. The van der Waals surface area contributed by atoms with Gasteiger partial charge in [0.05, 0.1) is 13.2 Å². The zero-order valence-corrected chi connectivity index (χ0v) is 12.4. The third kappa shape index (κ3) is 1.65. The summed E-state index contributed by atoms with van der Waals surface area (Å²) in [5.74, 6) is 0.461. The minimum atomic E-state index is -0.289. The molecule has 0 unspecified atom stereocenters. The number of fused-ring (bicyclic) bond motifs is 1. The second kappa shape index (κ2) is 4.31. The Balaban J connectivity index is 1.65. The highest BCUT2D eigenvalue weighted by Gasteiger charge is 2.58. The number of nitrogens with one attached hydrogen (secondary N) is 1. The van der Waals surface area contributed by atoms with E-state index in [4.69, 9.17) is 9.47 Å². The van der Waals surface area contributed by atoms with E-state index in [0.29, 0.717) is 6.04 Å². The number of rotatable bonds is 0. The Kier molecular flexibility index (Phi) is 2.59. The standard InChI is InChI=1S/C18H23NO2/c1-2-4-14-13(3-1)11-16-15-5-6-18(20-9-10-21-18)12-17(14,15)7-8-19-16/h1-4,15-16,19H,5-12H2/t15-,16+,17+/m0/s1. The van der Waals surface area contributed by atoms with Gasteiger partial charge < -0.3 is 14.8 Å². The van der Waals surface area contributed by atoms with Crippen LogP contribution in [0.15, 0.2) is 24.3 Å². The van der Waals surface area contributed by atoms with Crippen molar-refractivity contribution in [1.82, 2.24) is 5.32 Å². The molecule has 1 aromatic rings. The van der Waals surface area contributed by atoms with E-state index in [1.54, 1.807) is 11.1 Å². The van der Waals surface area contributed by atoms with Crippen LogP contribution < -0.4 is 5.32 Å². The molecule has 1 aromatic carbocycles. The van der Waals surface area contributed by atoms with Gasteiger partial charge in [-0.15, -0.1) is 0 Å². The Bertz CT molecular complexity index is 566. The van der Waals surface area contributed by atoms with Crippen LogP contribution in [0.25, 0.3) is 0 Å². The molecule has 3 fully saturated rings. The molecule has 1 spiro atoms. The SMILES string of the molecule is c1ccc2c(c1)C[C@H]1NCC[C@@]23CC2(CC[C@@H]13)OCCO2. The van der Waals surface area contributed by atoms with Crippen LogP contribution in [0.4, 0.5) is 0 Å². The van der Waals surface area contributed by atoms with E-state index in [1.165, 1.54) is 19.3 Å². The van der Waals surface area contributed by atoms with Gasteiger partial charge in [-0.1, -0.05) is 24.3 Å². The summed E-state index contributed by atoms with van der Waals surface area (Å²) in [6.45, 7) is 2.67. The van der Waals surface area contributed by atoms with Crippen LogP contribution >= 0.6 is 0 Å². The quantitative estimate of drug-likeness (QED) is 0.794. The normalized spacial score (nSPS) is 39.8. The van der Waals surface area contributed by atoms with Crippen LogP contribution in [0.2, 0.25) is 0 Å². The second-order valence-electron chi connectivity index (χ2n) is 7.26. The first kappa shape index (κ1) is 12.6. The lowest BCUT2D eigenvalue weighted by atomic mass is 9.51. The minimum Gasteiger partial charge on any atom is -0.348 e. The van der Waals surface area contributed by atoms with E-state index in [9.17, 15) is 0 Å². The number of piperidine rings is 1. The monoisotopic (exact) mass is 285 g/mol. The van der Waals surface area contributed by atoms with Crippen LogP contribution in [0.5, 0.6) is 0 Å². The maximum absolute atomic E-state index is 6.09. The van der Waals surface area contributed by atoms with Gasteiger partial charge in [-0.25, -0.2) is 0 Å². The first-order valence-electron chi connectivity index (χ1n) is 8.41. The molecule has 1 N–H and O–H groups in total. The molecular weight excluding hydrogens is 262 g/mol. The van der Waals surface area contributed by atoms with Crippen molar-refractivity contribution in [3.63, 3.8) is 0 Å². The molecule has 2 bridgehead atoms. The van der Waals surface area contributed by atoms with Gasteiger partial charge in [0.15, 0.2) is 5.79 Å². The summed E-state index contributed by atoms with van der Waals surface area (Å²) < 4.78 is 12.2. The summed E-state index contributed by atoms with van der Waals surface area (Å²) in [5, 5.41) is 3.78. The summed E-state index contributed by atoms with van der Waals surface area (Å²) in [7, 11) is 0. The lowest BCUT2D eigenvalue weighted by Crippen LogP contribution is -2.63. The molecule has 3 nitrogen and oxygen atoms in total. The summed E-state index contributed by atoms with van der Waals surface area (Å²) >= 11 is 0.